The molecule has 0 fully saturated rings. The average molecular weight is 621 g/mol. The number of hydrogen-bond donors (Lipinski definition) is 0. The summed E-state index contributed by atoms with van der Waals surface area (Å²) in [4.78, 5) is 0. The summed E-state index contributed by atoms with van der Waals surface area (Å²) < 4.78 is 1.48. The molecule has 0 atom stereocenters. The fourth-order valence-electron chi connectivity index (χ4n) is 6.62. The fraction of sp³-hybridized carbons (Fsp3) is 0.591. The van der Waals surface area contributed by atoms with Crippen LogP contribution >= 0.6 is 0 Å². The summed E-state index contributed by atoms with van der Waals surface area (Å²) in [6.07, 6.45) is 27.1. The summed E-state index contributed by atoms with van der Waals surface area (Å²) in [5.41, 5.74) is 20.8. The van der Waals surface area contributed by atoms with Gasteiger partial charge in [-0.2, -0.15) is 0 Å². The zero-order chi connectivity index (χ0) is 32.8. The Labute approximate surface area is 283 Å². The van der Waals surface area contributed by atoms with Crippen molar-refractivity contribution in [3.05, 3.63) is 87.5 Å². The molecule has 0 unspecified atom stereocenters. The predicted octanol–water partition coefficient (Wildman–Crippen LogP) is 13.8. The Morgan fingerprint density at radius 1 is 0.522 bits per heavy atom. The van der Waals surface area contributed by atoms with Gasteiger partial charge in [-0.15, -0.1) is 0 Å². The molecule has 0 radical (unpaired) electrons. The Kier molecular flexibility index (Phi) is 18.4. The summed E-state index contributed by atoms with van der Waals surface area (Å²) in [6.45, 7) is 9.03. The van der Waals surface area contributed by atoms with Crippen molar-refractivity contribution in [2.24, 2.45) is 0 Å². The molecular weight excluding hydrogens is 556 g/mol. The Hall–Kier alpha value is -2.92. The number of aryl methyl sites for hydroxylation is 2. The van der Waals surface area contributed by atoms with Crippen LogP contribution in [0.4, 0.5) is 0 Å². The zero-order valence-corrected chi connectivity index (χ0v) is 30.1. The Morgan fingerprint density at radius 2 is 0.978 bits per heavy atom. The lowest BCUT2D eigenvalue weighted by Crippen LogP contribution is -2.03. The summed E-state index contributed by atoms with van der Waals surface area (Å²) in [5, 5.41) is 0. The number of allylic oxidation sites excluding steroid dienone is 2. The molecule has 0 spiro atoms. The molecule has 0 amide bonds. The number of hydrogen-bond acceptors (Lipinski definition) is 0. The smallest absolute Gasteiger partial charge is 0.223 e. The third-order valence-electron chi connectivity index (χ3n) is 9.44. The molecule has 0 bridgehead atoms. The first kappa shape index (κ1) is 37.5. The van der Waals surface area contributed by atoms with E-state index in [1.807, 2.05) is 0 Å². The zero-order valence-electron chi connectivity index (χ0n) is 30.1. The topological polar surface area (TPSA) is 25.3 Å². The summed E-state index contributed by atoms with van der Waals surface area (Å²) in [6, 6.07) is 17.6. The van der Waals surface area contributed by atoms with Gasteiger partial charge in [0.05, 0.1) is 0 Å². The first-order chi connectivity index (χ1) is 22.6. The third kappa shape index (κ3) is 12.4. The number of rotatable bonds is 23. The van der Waals surface area contributed by atoms with Gasteiger partial charge < -0.3 is 5.53 Å². The monoisotopic (exact) mass is 621 g/mol. The van der Waals surface area contributed by atoms with Crippen LogP contribution in [-0.4, -0.2) is 4.70 Å². The molecule has 0 N–H and O–H groups in total. The Balaban J connectivity index is 1.78. The van der Waals surface area contributed by atoms with Gasteiger partial charge in [0.1, 0.15) is 5.57 Å². The molecule has 2 aromatic rings. The maximum absolute atomic E-state index is 12.0. The highest BCUT2D eigenvalue weighted by molar-refractivity contribution is 5.85. The highest BCUT2D eigenvalue weighted by Crippen LogP contribution is 2.42. The lowest BCUT2D eigenvalue weighted by molar-refractivity contribution is -0.345. The predicted molar refractivity (Wildman–Crippen MR) is 201 cm³/mol. The second-order valence-electron chi connectivity index (χ2n) is 13.5. The molecule has 2 nitrogen and oxygen atoms in total. The van der Waals surface area contributed by atoms with Crippen molar-refractivity contribution in [3.8, 4) is 11.8 Å². The van der Waals surface area contributed by atoms with Crippen LogP contribution < -0.4 is 0 Å². The molecule has 250 valence electrons. The second-order valence-corrected chi connectivity index (χ2v) is 13.5. The molecule has 1 heterocycles. The highest BCUT2D eigenvalue weighted by atomic mass is 15.2. The van der Waals surface area contributed by atoms with Crippen molar-refractivity contribution in [1.29, 1.82) is 0 Å². The van der Waals surface area contributed by atoms with E-state index < -0.39 is 0 Å². The maximum atomic E-state index is 12.0. The third-order valence-corrected chi connectivity index (χ3v) is 9.44. The van der Waals surface area contributed by atoms with E-state index in [4.69, 9.17) is 0 Å². The van der Waals surface area contributed by atoms with Gasteiger partial charge in [-0.25, -0.2) is 4.70 Å². The van der Waals surface area contributed by atoms with Gasteiger partial charge in [0, 0.05) is 23.1 Å². The quantitative estimate of drug-likeness (QED) is 0.0671. The van der Waals surface area contributed by atoms with Crippen molar-refractivity contribution in [1.82, 2.24) is 0 Å². The summed E-state index contributed by atoms with van der Waals surface area (Å²) >= 11 is 0. The van der Waals surface area contributed by atoms with Crippen LogP contribution in [0.1, 0.15) is 178 Å². The van der Waals surface area contributed by atoms with Crippen molar-refractivity contribution in [2.45, 2.75) is 169 Å². The van der Waals surface area contributed by atoms with Gasteiger partial charge in [0.2, 0.25) is 11.4 Å². The number of benzene rings is 2. The SMILES string of the molecule is CCCCCCCCCCCCCCC#CC1=C(c2cccc(CCCC)c2)[N+](=[N-])C(c2cccc(CCCC)c2)=C1CCCC. The Morgan fingerprint density at radius 3 is 1.50 bits per heavy atom. The van der Waals surface area contributed by atoms with Gasteiger partial charge in [-0.3, -0.25) is 0 Å². The molecule has 0 saturated heterocycles. The van der Waals surface area contributed by atoms with Gasteiger partial charge in [0.25, 0.3) is 0 Å². The van der Waals surface area contributed by atoms with Crippen LogP contribution in [0, 0.1) is 11.8 Å². The van der Waals surface area contributed by atoms with Crippen molar-refractivity contribution >= 4 is 11.4 Å². The molecule has 1 aliphatic rings. The van der Waals surface area contributed by atoms with Crippen molar-refractivity contribution in [2.75, 3.05) is 0 Å². The van der Waals surface area contributed by atoms with Crippen LogP contribution in [-0.2, 0) is 12.8 Å². The van der Waals surface area contributed by atoms with E-state index in [1.54, 1.807) is 0 Å². The molecule has 46 heavy (non-hydrogen) atoms. The highest BCUT2D eigenvalue weighted by Gasteiger charge is 2.35. The molecule has 0 aromatic heterocycles. The first-order valence-electron chi connectivity index (χ1n) is 19.3. The van der Waals surface area contributed by atoms with E-state index in [9.17, 15) is 5.53 Å². The second kappa shape index (κ2) is 22.6. The molecule has 2 aromatic carbocycles. The van der Waals surface area contributed by atoms with Crippen LogP contribution in [0.3, 0.4) is 0 Å². The minimum absolute atomic E-state index is 0.862. The number of unbranched alkanes of at least 4 members (excludes halogenated alkanes) is 15. The van der Waals surface area contributed by atoms with E-state index in [1.165, 1.54) is 118 Å². The van der Waals surface area contributed by atoms with Crippen LogP contribution in [0.25, 0.3) is 16.9 Å². The van der Waals surface area contributed by atoms with Crippen molar-refractivity contribution in [3.63, 3.8) is 0 Å². The Bertz CT molecular complexity index is 1310. The lowest BCUT2D eigenvalue weighted by atomic mass is 9.94. The fourth-order valence-corrected chi connectivity index (χ4v) is 6.62. The molecule has 0 saturated carbocycles. The van der Waals surface area contributed by atoms with Gasteiger partial charge >= 0.3 is 0 Å². The van der Waals surface area contributed by atoms with Gasteiger partial charge in [-0.1, -0.05) is 154 Å². The molecule has 2 heteroatoms. The maximum Gasteiger partial charge on any atom is 0.223 e. The van der Waals surface area contributed by atoms with Crippen molar-refractivity contribution < 1.29 is 4.70 Å². The van der Waals surface area contributed by atoms with Crippen LogP contribution in [0.15, 0.2) is 59.7 Å². The standard InChI is InChI=1S/C44H64N2/c1-5-9-13-14-15-16-17-18-19-20-21-22-23-24-34-42-41(33-12-8-4)43(39-31-25-29-37(35-39)27-10-6-2)46(45)44(42)40-32-26-30-38(36-40)28-11-7-3/h25-26,29-32,35-36H,5-23,27-28,33H2,1-4H3. The van der Waals surface area contributed by atoms with Gasteiger partial charge in [0.15, 0.2) is 0 Å². The van der Waals surface area contributed by atoms with E-state index in [0.29, 0.717) is 0 Å². The average Bonchev–Trinajstić information content (AvgIpc) is 3.36. The minimum Gasteiger partial charge on any atom is -0.493 e. The molecule has 1 aliphatic heterocycles. The largest absolute Gasteiger partial charge is 0.493 e. The summed E-state index contributed by atoms with van der Waals surface area (Å²) in [5.74, 6) is 7.21. The van der Waals surface area contributed by atoms with E-state index in [0.717, 1.165) is 73.0 Å². The molecule has 3 rings (SSSR count). The minimum atomic E-state index is 0.862. The normalized spacial score (nSPS) is 13.1. The van der Waals surface area contributed by atoms with E-state index in [2.05, 4.69) is 88.1 Å². The van der Waals surface area contributed by atoms with Crippen LogP contribution in [0.2, 0.25) is 0 Å². The van der Waals surface area contributed by atoms with E-state index >= 15 is 0 Å². The van der Waals surface area contributed by atoms with E-state index in [-0.39, 0.29) is 0 Å². The first-order valence-corrected chi connectivity index (χ1v) is 19.3. The summed E-state index contributed by atoms with van der Waals surface area (Å²) in [7, 11) is 0. The van der Waals surface area contributed by atoms with Gasteiger partial charge in [-0.05, 0) is 80.3 Å². The molecular formula is C44H64N2. The van der Waals surface area contributed by atoms with Crippen LogP contribution in [0.5, 0.6) is 0 Å². The lowest BCUT2D eigenvalue weighted by Gasteiger charge is -2.11. The molecule has 0 aliphatic carbocycles. The number of nitrogens with zero attached hydrogens (tertiary/aromatic N) is 2.